The van der Waals surface area contributed by atoms with Crippen molar-refractivity contribution >= 4 is 33.3 Å². The number of carbonyl (C=O) groups is 1. The van der Waals surface area contributed by atoms with Crippen LogP contribution in [0, 0.1) is 0 Å². The van der Waals surface area contributed by atoms with Gasteiger partial charge in [-0.25, -0.2) is 4.98 Å². The Kier molecular flexibility index (Phi) is 3.50. The van der Waals surface area contributed by atoms with E-state index >= 15 is 0 Å². The van der Waals surface area contributed by atoms with Crippen molar-refractivity contribution in [1.29, 1.82) is 0 Å². The quantitative estimate of drug-likeness (QED) is 0.571. The van der Waals surface area contributed by atoms with Crippen molar-refractivity contribution in [2.75, 3.05) is 11.9 Å². The van der Waals surface area contributed by atoms with Gasteiger partial charge in [-0.05, 0) is 35.9 Å². The molecule has 2 aromatic carbocycles. The molecule has 6 heteroatoms. The van der Waals surface area contributed by atoms with E-state index in [0.717, 1.165) is 35.4 Å². The van der Waals surface area contributed by atoms with Gasteiger partial charge in [-0.2, -0.15) is 0 Å². The molecule has 128 valence electrons. The summed E-state index contributed by atoms with van der Waals surface area (Å²) in [5.41, 5.74) is 3.75. The summed E-state index contributed by atoms with van der Waals surface area (Å²) < 4.78 is 11.1. The van der Waals surface area contributed by atoms with Gasteiger partial charge in [0.25, 0.3) is 5.91 Å². The van der Waals surface area contributed by atoms with E-state index < -0.39 is 0 Å². The van der Waals surface area contributed by atoms with Crippen LogP contribution in [0.2, 0.25) is 0 Å². The van der Waals surface area contributed by atoms with E-state index in [2.05, 4.69) is 16.4 Å². The second-order valence-corrected chi connectivity index (χ2v) is 6.92. The minimum atomic E-state index is -0.301. The number of ether oxygens (including phenoxy) is 1. The van der Waals surface area contributed by atoms with E-state index in [9.17, 15) is 4.79 Å². The van der Waals surface area contributed by atoms with Gasteiger partial charge >= 0.3 is 0 Å². The van der Waals surface area contributed by atoms with Crippen molar-refractivity contribution in [2.24, 2.45) is 0 Å². The molecule has 0 saturated heterocycles. The summed E-state index contributed by atoms with van der Waals surface area (Å²) in [5.74, 6) is 0.921. The number of benzene rings is 2. The number of furan rings is 1. The first kappa shape index (κ1) is 15.2. The number of carbonyl (C=O) groups excluding carboxylic acids is 1. The third kappa shape index (κ3) is 2.64. The van der Waals surface area contributed by atoms with Crippen molar-refractivity contribution in [3.8, 4) is 17.0 Å². The lowest BCUT2D eigenvalue weighted by Gasteiger charge is -2.01. The Hall–Kier alpha value is -3.12. The highest BCUT2D eigenvalue weighted by Crippen LogP contribution is 2.32. The molecule has 2 aromatic heterocycles. The predicted octanol–water partition coefficient (Wildman–Crippen LogP) is 4.74. The molecule has 26 heavy (non-hydrogen) atoms. The maximum atomic E-state index is 12.4. The fourth-order valence-electron chi connectivity index (χ4n) is 3.06. The van der Waals surface area contributed by atoms with Gasteiger partial charge in [0.15, 0.2) is 10.9 Å². The number of anilines is 1. The maximum Gasteiger partial charge on any atom is 0.293 e. The highest BCUT2D eigenvalue weighted by molar-refractivity contribution is 7.14. The minimum absolute atomic E-state index is 0.276. The molecular formula is C20H14N2O3S. The standard InChI is InChI=1S/C20H14N2O3S/c23-19(18-10-13-3-1-2-4-17(13)25-18)22-20-21-15(11-26-20)12-5-6-16-14(9-12)7-8-24-16/h1-6,9-11H,7-8H2,(H,21,22,23). The van der Waals surface area contributed by atoms with Gasteiger partial charge in [-0.1, -0.05) is 18.2 Å². The average molecular weight is 362 g/mol. The number of hydrogen-bond acceptors (Lipinski definition) is 5. The van der Waals surface area contributed by atoms with Crippen LogP contribution in [-0.4, -0.2) is 17.5 Å². The first-order valence-electron chi connectivity index (χ1n) is 8.28. The molecule has 4 aromatic rings. The molecule has 5 nitrogen and oxygen atoms in total. The molecule has 0 radical (unpaired) electrons. The van der Waals surface area contributed by atoms with Gasteiger partial charge in [0.1, 0.15) is 11.3 Å². The second-order valence-electron chi connectivity index (χ2n) is 6.06. The summed E-state index contributed by atoms with van der Waals surface area (Å²) in [5, 5.41) is 6.19. The number of hydrogen-bond donors (Lipinski definition) is 1. The monoisotopic (exact) mass is 362 g/mol. The third-order valence-electron chi connectivity index (χ3n) is 4.36. The Morgan fingerprint density at radius 3 is 3.00 bits per heavy atom. The lowest BCUT2D eigenvalue weighted by Crippen LogP contribution is -2.10. The van der Waals surface area contributed by atoms with Crippen LogP contribution in [0.15, 0.2) is 58.3 Å². The van der Waals surface area contributed by atoms with E-state index in [4.69, 9.17) is 9.15 Å². The lowest BCUT2D eigenvalue weighted by molar-refractivity contribution is 0.0998. The molecule has 0 bridgehead atoms. The summed E-state index contributed by atoms with van der Waals surface area (Å²) in [6.45, 7) is 0.731. The van der Waals surface area contributed by atoms with E-state index in [1.165, 1.54) is 16.9 Å². The molecule has 1 N–H and O–H groups in total. The van der Waals surface area contributed by atoms with Crippen molar-refractivity contribution < 1.29 is 13.9 Å². The predicted molar refractivity (Wildman–Crippen MR) is 101 cm³/mol. The van der Waals surface area contributed by atoms with Crippen molar-refractivity contribution in [3.63, 3.8) is 0 Å². The highest BCUT2D eigenvalue weighted by atomic mass is 32.1. The van der Waals surface area contributed by atoms with Gasteiger partial charge in [0.2, 0.25) is 0 Å². The Labute approximate surface area is 153 Å². The zero-order valence-corrected chi connectivity index (χ0v) is 14.5. The molecule has 3 heterocycles. The van der Waals surface area contributed by atoms with Crippen molar-refractivity contribution in [3.05, 3.63) is 65.2 Å². The molecular weight excluding hydrogens is 348 g/mol. The molecule has 1 aliphatic heterocycles. The Bertz CT molecular complexity index is 1100. The fourth-order valence-corrected chi connectivity index (χ4v) is 3.78. The second kappa shape index (κ2) is 6.00. The fraction of sp³-hybridized carbons (Fsp3) is 0.100. The van der Waals surface area contributed by atoms with E-state index in [0.29, 0.717) is 10.7 Å². The number of thiazole rings is 1. The summed E-state index contributed by atoms with van der Waals surface area (Å²) in [6.07, 6.45) is 0.920. The first-order valence-corrected chi connectivity index (χ1v) is 9.16. The van der Waals surface area contributed by atoms with E-state index in [1.807, 2.05) is 41.8 Å². The smallest absolute Gasteiger partial charge is 0.293 e. The van der Waals surface area contributed by atoms with Gasteiger partial charge in [0.05, 0.1) is 12.3 Å². The van der Waals surface area contributed by atoms with Gasteiger partial charge < -0.3 is 9.15 Å². The number of para-hydroxylation sites is 1. The number of fused-ring (bicyclic) bond motifs is 2. The molecule has 0 spiro atoms. The maximum absolute atomic E-state index is 12.4. The van der Waals surface area contributed by atoms with Gasteiger partial charge in [-0.3, -0.25) is 10.1 Å². The topological polar surface area (TPSA) is 64.4 Å². The third-order valence-corrected chi connectivity index (χ3v) is 5.12. The molecule has 1 aliphatic rings. The molecule has 0 atom stereocenters. The van der Waals surface area contributed by atoms with Gasteiger partial charge in [-0.15, -0.1) is 11.3 Å². The van der Waals surface area contributed by atoms with Crippen molar-refractivity contribution in [2.45, 2.75) is 6.42 Å². The number of rotatable bonds is 3. The highest BCUT2D eigenvalue weighted by Gasteiger charge is 2.16. The Morgan fingerprint density at radius 1 is 1.15 bits per heavy atom. The van der Waals surface area contributed by atoms with Crippen LogP contribution >= 0.6 is 11.3 Å². The minimum Gasteiger partial charge on any atom is -0.493 e. The van der Waals surface area contributed by atoms with Crippen LogP contribution in [-0.2, 0) is 6.42 Å². The van der Waals surface area contributed by atoms with Crippen molar-refractivity contribution in [1.82, 2.24) is 4.98 Å². The number of nitrogens with one attached hydrogen (secondary N) is 1. The van der Waals surface area contributed by atoms with Crippen LogP contribution < -0.4 is 10.1 Å². The molecule has 1 amide bonds. The number of aromatic nitrogens is 1. The van der Waals surface area contributed by atoms with Crippen LogP contribution in [0.25, 0.3) is 22.2 Å². The molecule has 0 fully saturated rings. The largest absolute Gasteiger partial charge is 0.493 e. The van der Waals surface area contributed by atoms with Crippen LogP contribution in [0.5, 0.6) is 5.75 Å². The summed E-state index contributed by atoms with van der Waals surface area (Å²) in [4.78, 5) is 17.0. The van der Waals surface area contributed by atoms with Crippen LogP contribution in [0.3, 0.4) is 0 Å². The van der Waals surface area contributed by atoms with Crippen LogP contribution in [0.1, 0.15) is 16.1 Å². The summed E-state index contributed by atoms with van der Waals surface area (Å²) >= 11 is 1.39. The van der Waals surface area contributed by atoms with E-state index in [1.54, 1.807) is 6.07 Å². The summed E-state index contributed by atoms with van der Waals surface area (Å²) in [6, 6.07) is 15.3. The number of amides is 1. The first-order chi connectivity index (χ1) is 12.8. The SMILES string of the molecule is O=C(Nc1nc(-c2ccc3c(c2)CCO3)cs1)c1cc2ccccc2o1. The zero-order valence-electron chi connectivity index (χ0n) is 13.7. The number of nitrogens with zero attached hydrogens (tertiary/aromatic N) is 1. The molecule has 0 aliphatic carbocycles. The van der Waals surface area contributed by atoms with E-state index in [-0.39, 0.29) is 11.7 Å². The molecule has 0 unspecified atom stereocenters. The Morgan fingerprint density at radius 2 is 2.08 bits per heavy atom. The lowest BCUT2D eigenvalue weighted by atomic mass is 10.1. The normalized spacial score (nSPS) is 12.8. The van der Waals surface area contributed by atoms with Gasteiger partial charge in [0, 0.05) is 22.8 Å². The van der Waals surface area contributed by atoms with Crippen LogP contribution in [0.4, 0.5) is 5.13 Å². The Balaban J connectivity index is 1.37. The summed E-state index contributed by atoms with van der Waals surface area (Å²) in [7, 11) is 0. The average Bonchev–Trinajstić information content (AvgIpc) is 3.39. The zero-order chi connectivity index (χ0) is 17.5. The molecule has 0 saturated carbocycles. The molecule has 5 rings (SSSR count).